The lowest BCUT2D eigenvalue weighted by Gasteiger charge is -2.05. The standard InChI is InChI=1S/C19H19FN4O4/c20-14-8-6-13(7-9-14)18-23-17(28-24-18)5-1-4-16(25)21-10-11-22-19(26)15-3-2-12-27-15/h2-3,6-9,12H,1,4-5,10-11H2,(H,21,25)(H,22,26). The van der Waals surface area contributed by atoms with E-state index in [1.54, 1.807) is 24.3 Å². The fraction of sp³-hybridized carbons (Fsp3) is 0.263. The molecule has 0 fully saturated rings. The maximum Gasteiger partial charge on any atom is 0.287 e. The van der Waals surface area contributed by atoms with Gasteiger partial charge in [0, 0.05) is 31.5 Å². The number of rotatable bonds is 9. The number of nitrogens with one attached hydrogen (secondary N) is 2. The van der Waals surface area contributed by atoms with E-state index in [2.05, 4.69) is 20.8 Å². The molecule has 0 bridgehead atoms. The lowest BCUT2D eigenvalue weighted by atomic mass is 10.2. The summed E-state index contributed by atoms with van der Waals surface area (Å²) in [4.78, 5) is 27.7. The van der Waals surface area contributed by atoms with E-state index >= 15 is 0 Å². The first-order valence-electron chi connectivity index (χ1n) is 8.79. The molecule has 9 heteroatoms. The van der Waals surface area contributed by atoms with Crippen molar-refractivity contribution in [1.29, 1.82) is 0 Å². The highest BCUT2D eigenvalue weighted by Gasteiger charge is 2.10. The van der Waals surface area contributed by atoms with Crippen LogP contribution in [0.2, 0.25) is 0 Å². The highest BCUT2D eigenvalue weighted by Crippen LogP contribution is 2.16. The molecule has 0 spiro atoms. The zero-order valence-electron chi connectivity index (χ0n) is 15.0. The van der Waals surface area contributed by atoms with Gasteiger partial charge in [0.2, 0.25) is 17.6 Å². The van der Waals surface area contributed by atoms with Gasteiger partial charge >= 0.3 is 0 Å². The Balaban J connectivity index is 1.32. The van der Waals surface area contributed by atoms with Crippen LogP contribution in [0.25, 0.3) is 11.4 Å². The Labute approximate surface area is 160 Å². The van der Waals surface area contributed by atoms with E-state index in [4.69, 9.17) is 8.94 Å². The summed E-state index contributed by atoms with van der Waals surface area (Å²) in [5.41, 5.74) is 0.658. The number of aryl methyl sites for hydroxylation is 1. The summed E-state index contributed by atoms with van der Waals surface area (Å²) in [5.74, 6) is 0.229. The summed E-state index contributed by atoms with van der Waals surface area (Å²) in [6.07, 6.45) is 2.70. The van der Waals surface area contributed by atoms with Crippen LogP contribution in [0.5, 0.6) is 0 Å². The number of hydrogen-bond acceptors (Lipinski definition) is 6. The monoisotopic (exact) mass is 386 g/mol. The quantitative estimate of drug-likeness (QED) is 0.546. The zero-order valence-corrected chi connectivity index (χ0v) is 15.0. The first-order chi connectivity index (χ1) is 13.6. The molecule has 0 saturated heterocycles. The molecule has 0 radical (unpaired) electrons. The number of amides is 2. The largest absolute Gasteiger partial charge is 0.459 e. The average molecular weight is 386 g/mol. The molecule has 8 nitrogen and oxygen atoms in total. The summed E-state index contributed by atoms with van der Waals surface area (Å²) in [6, 6.07) is 8.99. The first-order valence-corrected chi connectivity index (χ1v) is 8.79. The van der Waals surface area contributed by atoms with Crippen molar-refractivity contribution in [3.8, 4) is 11.4 Å². The Kier molecular flexibility index (Phi) is 6.50. The normalized spacial score (nSPS) is 10.6. The number of aromatic nitrogens is 2. The van der Waals surface area contributed by atoms with Crippen LogP contribution in [0.15, 0.2) is 51.6 Å². The molecule has 3 rings (SSSR count). The zero-order chi connectivity index (χ0) is 19.8. The van der Waals surface area contributed by atoms with Crippen molar-refractivity contribution in [2.75, 3.05) is 13.1 Å². The van der Waals surface area contributed by atoms with Gasteiger partial charge in [-0.25, -0.2) is 4.39 Å². The van der Waals surface area contributed by atoms with Gasteiger partial charge in [0.25, 0.3) is 5.91 Å². The van der Waals surface area contributed by atoms with Gasteiger partial charge in [-0.3, -0.25) is 9.59 Å². The SMILES string of the molecule is O=C(CCCc1nc(-c2ccc(F)cc2)no1)NCCNC(=O)c1ccco1. The Morgan fingerprint density at radius 2 is 1.86 bits per heavy atom. The van der Waals surface area contributed by atoms with E-state index in [0.29, 0.717) is 49.6 Å². The summed E-state index contributed by atoms with van der Waals surface area (Å²) in [5, 5.41) is 9.21. The van der Waals surface area contributed by atoms with E-state index < -0.39 is 0 Å². The fourth-order valence-corrected chi connectivity index (χ4v) is 2.43. The van der Waals surface area contributed by atoms with Gasteiger partial charge in [-0.2, -0.15) is 4.98 Å². The highest BCUT2D eigenvalue weighted by molar-refractivity contribution is 5.91. The number of furan rings is 1. The predicted octanol–water partition coefficient (Wildman–Crippen LogP) is 2.34. The van der Waals surface area contributed by atoms with Crippen molar-refractivity contribution >= 4 is 11.8 Å². The second-order valence-electron chi connectivity index (χ2n) is 5.96. The lowest BCUT2D eigenvalue weighted by molar-refractivity contribution is -0.121. The van der Waals surface area contributed by atoms with E-state index in [9.17, 15) is 14.0 Å². The van der Waals surface area contributed by atoms with Gasteiger partial charge in [0.1, 0.15) is 5.82 Å². The van der Waals surface area contributed by atoms with Crippen LogP contribution in [0.1, 0.15) is 29.3 Å². The smallest absolute Gasteiger partial charge is 0.287 e. The van der Waals surface area contributed by atoms with Crippen molar-refractivity contribution in [2.45, 2.75) is 19.3 Å². The molecule has 146 valence electrons. The first kappa shape index (κ1) is 19.3. The maximum absolute atomic E-state index is 12.9. The maximum atomic E-state index is 12.9. The van der Waals surface area contributed by atoms with Crippen molar-refractivity contribution in [2.24, 2.45) is 0 Å². The molecule has 0 saturated carbocycles. The summed E-state index contributed by atoms with van der Waals surface area (Å²) >= 11 is 0. The highest BCUT2D eigenvalue weighted by atomic mass is 19.1. The third-order valence-corrected chi connectivity index (χ3v) is 3.84. The molecule has 2 aromatic heterocycles. The Morgan fingerprint density at radius 3 is 2.61 bits per heavy atom. The number of halogens is 1. The molecular weight excluding hydrogens is 367 g/mol. The third-order valence-electron chi connectivity index (χ3n) is 3.84. The third kappa shape index (κ3) is 5.50. The van der Waals surface area contributed by atoms with Crippen molar-refractivity contribution in [3.63, 3.8) is 0 Å². The molecule has 0 aliphatic rings. The Morgan fingerprint density at radius 1 is 1.07 bits per heavy atom. The van der Waals surface area contributed by atoms with Crippen LogP contribution in [-0.2, 0) is 11.2 Å². The molecule has 1 aromatic carbocycles. The van der Waals surface area contributed by atoms with Crippen LogP contribution < -0.4 is 10.6 Å². The van der Waals surface area contributed by atoms with Gasteiger partial charge in [0.05, 0.1) is 6.26 Å². The molecule has 28 heavy (non-hydrogen) atoms. The van der Waals surface area contributed by atoms with E-state index in [-0.39, 0.29) is 23.4 Å². The molecule has 0 aliphatic carbocycles. The molecule has 3 aromatic rings. The molecular formula is C19H19FN4O4. The minimum absolute atomic E-state index is 0.134. The van der Waals surface area contributed by atoms with Crippen LogP contribution >= 0.6 is 0 Å². The molecule has 0 atom stereocenters. The Bertz CT molecular complexity index is 906. The number of benzene rings is 1. The van der Waals surface area contributed by atoms with Crippen molar-refractivity contribution in [1.82, 2.24) is 20.8 Å². The van der Waals surface area contributed by atoms with Crippen LogP contribution in [0.4, 0.5) is 4.39 Å². The van der Waals surface area contributed by atoms with Gasteiger partial charge in [-0.15, -0.1) is 0 Å². The van der Waals surface area contributed by atoms with Crippen LogP contribution in [0.3, 0.4) is 0 Å². The summed E-state index contributed by atoms with van der Waals surface area (Å²) in [7, 11) is 0. The predicted molar refractivity (Wildman–Crippen MR) is 96.7 cm³/mol. The van der Waals surface area contributed by atoms with E-state index in [1.807, 2.05) is 0 Å². The van der Waals surface area contributed by atoms with Crippen LogP contribution in [0, 0.1) is 5.82 Å². The van der Waals surface area contributed by atoms with Gasteiger partial charge < -0.3 is 19.6 Å². The molecule has 0 unspecified atom stereocenters. The molecule has 2 N–H and O–H groups in total. The molecule has 2 amide bonds. The van der Waals surface area contributed by atoms with E-state index in [0.717, 1.165) is 0 Å². The number of hydrogen-bond donors (Lipinski definition) is 2. The molecule has 2 heterocycles. The number of carbonyl (C=O) groups excluding carboxylic acids is 2. The van der Waals surface area contributed by atoms with Crippen molar-refractivity contribution in [3.05, 3.63) is 60.1 Å². The topological polar surface area (TPSA) is 110 Å². The minimum Gasteiger partial charge on any atom is -0.459 e. The van der Waals surface area contributed by atoms with Gasteiger partial charge in [0.15, 0.2) is 5.76 Å². The second kappa shape index (κ2) is 9.45. The van der Waals surface area contributed by atoms with Crippen LogP contribution in [-0.4, -0.2) is 35.0 Å². The molecule has 0 aliphatic heterocycles. The Hall–Kier alpha value is -3.49. The lowest BCUT2D eigenvalue weighted by Crippen LogP contribution is -2.34. The average Bonchev–Trinajstić information content (AvgIpc) is 3.38. The van der Waals surface area contributed by atoms with E-state index in [1.165, 1.54) is 18.4 Å². The summed E-state index contributed by atoms with van der Waals surface area (Å²) in [6.45, 7) is 0.622. The number of carbonyl (C=O) groups is 2. The van der Waals surface area contributed by atoms with Gasteiger partial charge in [-0.1, -0.05) is 5.16 Å². The fourth-order valence-electron chi connectivity index (χ4n) is 2.43. The van der Waals surface area contributed by atoms with Gasteiger partial charge in [-0.05, 0) is 42.8 Å². The minimum atomic E-state index is -0.334. The number of nitrogens with zero attached hydrogens (tertiary/aromatic N) is 2. The van der Waals surface area contributed by atoms with Crippen molar-refractivity contribution < 1.29 is 22.9 Å². The summed E-state index contributed by atoms with van der Waals surface area (Å²) < 4.78 is 23.1. The second-order valence-corrected chi connectivity index (χ2v) is 5.96.